The molecule has 1 fully saturated rings. The van der Waals surface area contributed by atoms with Crippen LogP contribution in [0.5, 0.6) is 0 Å². The van der Waals surface area contributed by atoms with E-state index in [0.29, 0.717) is 29.6 Å². The van der Waals surface area contributed by atoms with Crippen molar-refractivity contribution >= 4 is 29.0 Å². The molecule has 3 aromatic rings. The summed E-state index contributed by atoms with van der Waals surface area (Å²) in [5, 5.41) is 8.21. The van der Waals surface area contributed by atoms with E-state index in [9.17, 15) is 9.59 Å². The SMILES string of the molecule is Cc1ccc(NC(=O)C2CCN(c3ccc(=O)n(-c4ccc(C)c(Cl)c4)n3)CC2)cc1C. The van der Waals surface area contributed by atoms with E-state index in [1.807, 2.05) is 44.2 Å². The van der Waals surface area contributed by atoms with Crippen molar-refractivity contribution in [2.24, 2.45) is 5.92 Å². The van der Waals surface area contributed by atoms with Gasteiger partial charge in [-0.25, -0.2) is 0 Å². The van der Waals surface area contributed by atoms with Crippen LogP contribution in [0.15, 0.2) is 53.3 Å². The van der Waals surface area contributed by atoms with Gasteiger partial charge < -0.3 is 10.2 Å². The summed E-state index contributed by atoms with van der Waals surface area (Å²) in [6, 6.07) is 14.7. The average molecular weight is 451 g/mol. The van der Waals surface area contributed by atoms with E-state index in [2.05, 4.69) is 22.2 Å². The fourth-order valence-corrected chi connectivity index (χ4v) is 4.08. The van der Waals surface area contributed by atoms with Gasteiger partial charge in [0.2, 0.25) is 5.91 Å². The minimum atomic E-state index is -0.212. The summed E-state index contributed by atoms with van der Waals surface area (Å²) in [7, 11) is 0. The number of hydrogen-bond donors (Lipinski definition) is 1. The number of hydrogen-bond acceptors (Lipinski definition) is 4. The van der Waals surface area contributed by atoms with Crippen LogP contribution in [0, 0.1) is 26.7 Å². The maximum Gasteiger partial charge on any atom is 0.271 e. The van der Waals surface area contributed by atoms with E-state index in [1.54, 1.807) is 12.1 Å². The fourth-order valence-electron chi connectivity index (χ4n) is 3.90. The Morgan fingerprint density at radius 2 is 1.69 bits per heavy atom. The molecule has 0 unspecified atom stereocenters. The van der Waals surface area contributed by atoms with Crippen LogP contribution in [-0.2, 0) is 4.79 Å². The second-order valence-electron chi connectivity index (χ2n) is 8.42. The molecule has 2 heterocycles. The number of nitrogens with zero attached hydrogens (tertiary/aromatic N) is 3. The van der Waals surface area contributed by atoms with E-state index < -0.39 is 0 Å². The van der Waals surface area contributed by atoms with Gasteiger partial charge in [-0.2, -0.15) is 4.68 Å². The van der Waals surface area contributed by atoms with Crippen LogP contribution >= 0.6 is 11.6 Å². The summed E-state index contributed by atoms with van der Waals surface area (Å²) in [6.45, 7) is 7.41. The van der Waals surface area contributed by atoms with Gasteiger partial charge in [-0.1, -0.05) is 23.7 Å². The number of nitrogens with one attached hydrogen (secondary N) is 1. The minimum Gasteiger partial charge on any atom is -0.355 e. The second-order valence-corrected chi connectivity index (χ2v) is 8.83. The largest absolute Gasteiger partial charge is 0.355 e. The van der Waals surface area contributed by atoms with E-state index in [4.69, 9.17) is 11.6 Å². The van der Waals surface area contributed by atoms with E-state index in [-0.39, 0.29) is 17.4 Å². The number of halogens is 1. The van der Waals surface area contributed by atoms with Gasteiger partial charge in [0.1, 0.15) is 5.82 Å². The lowest BCUT2D eigenvalue weighted by atomic mass is 9.95. The van der Waals surface area contributed by atoms with Gasteiger partial charge in [0.15, 0.2) is 0 Å². The van der Waals surface area contributed by atoms with Gasteiger partial charge in [0, 0.05) is 35.8 Å². The van der Waals surface area contributed by atoms with Gasteiger partial charge in [-0.05, 0) is 80.6 Å². The highest BCUT2D eigenvalue weighted by Gasteiger charge is 2.26. The quantitative estimate of drug-likeness (QED) is 0.627. The Balaban J connectivity index is 1.43. The number of anilines is 2. The monoisotopic (exact) mass is 450 g/mol. The Kier molecular flexibility index (Phi) is 6.33. The van der Waals surface area contributed by atoms with Crippen LogP contribution in [0.3, 0.4) is 0 Å². The van der Waals surface area contributed by atoms with Crippen molar-refractivity contribution in [3.8, 4) is 5.69 Å². The van der Waals surface area contributed by atoms with Crippen molar-refractivity contribution in [3.05, 3.63) is 80.6 Å². The van der Waals surface area contributed by atoms with Gasteiger partial charge in [0.05, 0.1) is 5.69 Å². The van der Waals surface area contributed by atoms with Crippen LogP contribution in [0.4, 0.5) is 11.5 Å². The van der Waals surface area contributed by atoms with Crippen LogP contribution < -0.4 is 15.8 Å². The van der Waals surface area contributed by atoms with Gasteiger partial charge >= 0.3 is 0 Å². The predicted molar refractivity (Wildman–Crippen MR) is 129 cm³/mol. The first kappa shape index (κ1) is 22.1. The van der Waals surface area contributed by atoms with Gasteiger partial charge in [-0.3, -0.25) is 9.59 Å². The standard InChI is InChI=1S/C25H27ClN4O2/c1-16-4-6-20(14-18(16)3)27-25(32)19-10-12-29(13-11-19)23-8-9-24(31)30(28-23)21-7-5-17(2)22(26)15-21/h4-9,14-15,19H,10-13H2,1-3H3,(H,27,32). The van der Waals surface area contributed by atoms with Crippen molar-refractivity contribution in [1.29, 1.82) is 0 Å². The number of piperidine rings is 1. The lowest BCUT2D eigenvalue weighted by Gasteiger charge is -2.32. The molecule has 2 aromatic carbocycles. The van der Waals surface area contributed by atoms with E-state index in [1.165, 1.54) is 16.3 Å². The Labute approximate surface area is 192 Å². The first-order valence-corrected chi connectivity index (χ1v) is 11.2. The van der Waals surface area contributed by atoms with Crippen molar-refractivity contribution < 1.29 is 4.79 Å². The van der Waals surface area contributed by atoms with E-state index >= 15 is 0 Å². The van der Waals surface area contributed by atoms with Crippen LogP contribution in [-0.4, -0.2) is 28.8 Å². The van der Waals surface area contributed by atoms with Crippen LogP contribution in [0.1, 0.15) is 29.5 Å². The van der Waals surface area contributed by atoms with E-state index in [0.717, 1.165) is 29.7 Å². The summed E-state index contributed by atoms with van der Waals surface area (Å²) in [5.74, 6) is 0.726. The van der Waals surface area contributed by atoms with Crippen molar-refractivity contribution in [2.45, 2.75) is 33.6 Å². The Bertz CT molecular complexity index is 1210. The summed E-state index contributed by atoms with van der Waals surface area (Å²) in [4.78, 5) is 27.3. The molecule has 0 aliphatic carbocycles. The summed E-state index contributed by atoms with van der Waals surface area (Å²) in [5.41, 5.74) is 4.57. The minimum absolute atomic E-state index is 0.0466. The fraction of sp³-hybridized carbons (Fsp3) is 0.320. The molecule has 6 nitrogen and oxygen atoms in total. The van der Waals surface area contributed by atoms with Crippen LogP contribution in [0.25, 0.3) is 5.69 Å². The number of benzene rings is 2. The molecule has 1 amide bonds. The normalized spacial score (nSPS) is 14.4. The van der Waals surface area contributed by atoms with Crippen molar-refractivity contribution in [3.63, 3.8) is 0 Å². The second kappa shape index (κ2) is 9.17. The topological polar surface area (TPSA) is 67.2 Å². The number of carbonyl (C=O) groups is 1. The number of aryl methyl sites for hydroxylation is 3. The third kappa shape index (κ3) is 4.70. The molecule has 1 aliphatic heterocycles. The molecule has 0 radical (unpaired) electrons. The molecule has 4 rings (SSSR count). The Morgan fingerprint density at radius 3 is 2.38 bits per heavy atom. The number of rotatable bonds is 4. The Morgan fingerprint density at radius 1 is 0.969 bits per heavy atom. The lowest BCUT2D eigenvalue weighted by molar-refractivity contribution is -0.120. The number of carbonyl (C=O) groups excluding carboxylic acids is 1. The van der Waals surface area contributed by atoms with Crippen molar-refractivity contribution in [1.82, 2.24) is 9.78 Å². The maximum atomic E-state index is 12.7. The summed E-state index contributed by atoms with van der Waals surface area (Å²) in [6.07, 6.45) is 1.46. The van der Waals surface area contributed by atoms with Crippen molar-refractivity contribution in [2.75, 3.05) is 23.3 Å². The van der Waals surface area contributed by atoms with Gasteiger partial charge in [0.25, 0.3) is 5.56 Å². The summed E-state index contributed by atoms with van der Waals surface area (Å²) < 4.78 is 1.37. The molecule has 0 spiro atoms. The number of amides is 1. The molecule has 1 aliphatic rings. The third-order valence-corrected chi connectivity index (χ3v) is 6.56. The molecule has 166 valence electrons. The molecule has 0 atom stereocenters. The highest BCUT2D eigenvalue weighted by Crippen LogP contribution is 2.24. The highest BCUT2D eigenvalue weighted by molar-refractivity contribution is 6.31. The molecule has 1 saturated heterocycles. The highest BCUT2D eigenvalue weighted by atomic mass is 35.5. The molecular formula is C25H27ClN4O2. The molecule has 0 saturated carbocycles. The zero-order valence-electron chi connectivity index (χ0n) is 18.6. The van der Waals surface area contributed by atoms with Crippen LogP contribution in [0.2, 0.25) is 5.02 Å². The first-order chi connectivity index (χ1) is 15.3. The molecule has 32 heavy (non-hydrogen) atoms. The predicted octanol–water partition coefficient (Wildman–Crippen LogP) is 4.67. The Hall–Kier alpha value is -3.12. The molecule has 0 bridgehead atoms. The molecule has 7 heteroatoms. The average Bonchev–Trinajstić information content (AvgIpc) is 2.79. The first-order valence-electron chi connectivity index (χ1n) is 10.8. The third-order valence-electron chi connectivity index (χ3n) is 6.15. The molecule has 1 N–H and O–H groups in total. The zero-order chi connectivity index (χ0) is 22.8. The number of aromatic nitrogens is 2. The lowest BCUT2D eigenvalue weighted by Crippen LogP contribution is -2.39. The maximum absolute atomic E-state index is 12.7. The molecular weight excluding hydrogens is 424 g/mol. The zero-order valence-corrected chi connectivity index (χ0v) is 19.3. The molecule has 1 aromatic heterocycles. The van der Waals surface area contributed by atoms with Gasteiger partial charge in [-0.15, -0.1) is 5.10 Å². The smallest absolute Gasteiger partial charge is 0.271 e. The summed E-state index contributed by atoms with van der Waals surface area (Å²) >= 11 is 6.23.